The van der Waals surface area contributed by atoms with Crippen LogP contribution in [-0.4, -0.2) is 38.1 Å². The molecule has 0 bridgehead atoms. The van der Waals surface area contributed by atoms with Crippen LogP contribution < -0.4 is 0 Å². The number of likely N-dealkylation sites (N-methyl/N-ethyl adjacent to an activating group) is 1. The van der Waals surface area contributed by atoms with Crippen LogP contribution in [0.25, 0.3) is 0 Å². The van der Waals surface area contributed by atoms with Gasteiger partial charge in [-0.2, -0.15) is 0 Å². The normalized spacial score (nSPS) is 8.64. The first kappa shape index (κ1) is 13.5. The number of carbonyl (C=O) groups is 1. The molecule has 0 aliphatic heterocycles. The highest BCUT2D eigenvalue weighted by Crippen LogP contribution is 1.80. The van der Waals surface area contributed by atoms with Gasteiger partial charge in [0.15, 0.2) is 0 Å². The maximum Gasteiger partial charge on any atom is 0.330 e. The standard InChI is InChI=1S/C7H13NO2.HI/c1-4-7(9)10-6-5-8(2)3;/h4H,1,5-6H2,2-3H3;1H. The van der Waals surface area contributed by atoms with Crippen molar-refractivity contribution in [1.29, 1.82) is 0 Å². The molecule has 0 spiro atoms. The highest BCUT2D eigenvalue weighted by Gasteiger charge is 1.94. The minimum atomic E-state index is -0.359. The maximum atomic E-state index is 10.4. The van der Waals surface area contributed by atoms with E-state index in [0.717, 1.165) is 12.6 Å². The first-order valence-electron chi connectivity index (χ1n) is 3.10. The van der Waals surface area contributed by atoms with Crippen LogP contribution in [0.3, 0.4) is 0 Å². The molecule has 0 aromatic carbocycles. The summed E-state index contributed by atoms with van der Waals surface area (Å²) >= 11 is 0. The Labute approximate surface area is 84.4 Å². The van der Waals surface area contributed by atoms with Crippen LogP contribution in [-0.2, 0) is 9.53 Å². The Kier molecular flexibility index (Phi) is 9.81. The Morgan fingerprint density at radius 3 is 2.55 bits per heavy atom. The molecule has 11 heavy (non-hydrogen) atoms. The zero-order valence-electron chi connectivity index (χ0n) is 6.87. The van der Waals surface area contributed by atoms with E-state index in [9.17, 15) is 4.79 Å². The summed E-state index contributed by atoms with van der Waals surface area (Å²) in [5, 5.41) is 0. The Morgan fingerprint density at radius 2 is 2.18 bits per heavy atom. The van der Waals surface area contributed by atoms with Crippen molar-refractivity contribution >= 4 is 29.9 Å². The van der Waals surface area contributed by atoms with Crippen molar-refractivity contribution in [2.45, 2.75) is 0 Å². The summed E-state index contributed by atoms with van der Waals surface area (Å²) in [6.07, 6.45) is 1.16. The molecule has 0 aromatic rings. The summed E-state index contributed by atoms with van der Waals surface area (Å²) in [6.45, 7) is 4.45. The van der Waals surface area contributed by atoms with Gasteiger partial charge in [0, 0.05) is 12.6 Å². The van der Waals surface area contributed by atoms with Gasteiger partial charge in [0.1, 0.15) is 6.61 Å². The number of halogens is 1. The van der Waals surface area contributed by atoms with E-state index in [4.69, 9.17) is 4.74 Å². The van der Waals surface area contributed by atoms with E-state index in [1.54, 1.807) is 0 Å². The van der Waals surface area contributed by atoms with Gasteiger partial charge in [0.05, 0.1) is 0 Å². The first-order chi connectivity index (χ1) is 4.66. The van der Waals surface area contributed by atoms with Gasteiger partial charge in [-0.1, -0.05) is 6.58 Å². The number of ether oxygens (including phenoxy) is 1. The average Bonchev–Trinajstić information content (AvgIpc) is 1.87. The molecule has 0 rings (SSSR count). The third-order valence-corrected chi connectivity index (χ3v) is 0.949. The predicted molar refractivity (Wildman–Crippen MR) is 55.1 cm³/mol. The SMILES string of the molecule is C=CC(=O)OCCN(C)C.I. The quantitative estimate of drug-likeness (QED) is 0.432. The second kappa shape index (κ2) is 8.00. The molecule has 0 fully saturated rings. The molecule has 0 aliphatic carbocycles. The molecular weight excluding hydrogens is 257 g/mol. The average molecular weight is 271 g/mol. The summed E-state index contributed by atoms with van der Waals surface area (Å²) in [5.74, 6) is -0.359. The Morgan fingerprint density at radius 1 is 1.64 bits per heavy atom. The van der Waals surface area contributed by atoms with Crippen LogP contribution in [0.1, 0.15) is 0 Å². The second-order valence-corrected chi connectivity index (χ2v) is 2.17. The van der Waals surface area contributed by atoms with Crippen molar-refractivity contribution < 1.29 is 9.53 Å². The molecule has 66 valence electrons. The monoisotopic (exact) mass is 271 g/mol. The summed E-state index contributed by atoms with van der Waals surface area (Å²) in [4.78, 5) is 12.4. The highest BCUT2D eigenvalue weighted by atomic mass is 127. The molecule has 4 heteroatoms. The third kappa shape index (κ3) is 9.90. The lowest BCUT2D eigenvalue weighted by Crippen LogP contribution is -2.19. The molecular formula is C7H14INO2. The highest BCUT2D eigenvalue weighted by molar-refractivity contribution is 14.0. The topological polar surface area (TPSA) is 29.5 Å². The van der Waals surface area contributed by atoms with E-state index in [1.165, 1.54) is 0 Å². The van der Waals surface area contributed by atoms with Crippen LogP contribution >= 0.6 is 24.0 Å². The van der Waals surface area contributed by atoms with E-state index in [1.807, 2.05) is 19.0 Å². The molecule has 0 amide bonds. The van der Waals surface area contributed by atoms with Crippen molar-refractivity contribution in [2.75, 3.05) is 27.2 Å². The van der Waals surface area contributed by atoms with Gasteiger partial charge < -0.3 is 9.64 Å². The first-order valence-corrected chi connectivity index (χ1v) is 3.10. The predicted octanol–water partition coefficient (Wildman–Crippen LogP) is 0.895. The van der Waals surface area contributed by atoms with Crippen molar-refractivity contribution in [3.8, 4) is 0 Å². The lowest BCUT2D eigenvalue weighted by Gasteiger charge is -2.07. The number of hydrogen-bond acceptors (Lipinski definition) is 3. The van der Waals surface area contributed by atoms with E-state index >= 15 is 0 Å². The molecule has 0 heterocycles. The zero-order valence-corrected chi connectivity index (χ0v) is 9.20. The molecule has 0 aliphatic rings. The van der Waals surface area contributed by atoms with Gasteiger partial charge >= 0.3 is 5.97 Å². The van der Waals surface area contributed by atoms with Crippen LogP contribution in [0.4, 0.5) is 0 Å². The second-order valence-electron chi connectivity index (χ2n) is 2.17. The maximum absolute atomic E-state index is 10.4. The number of esters is 1. The van der Waals surface area contributed by atoms with Crippen molar-refractivity contribution in [3.63, 3.8) is 0 Å². The molecule has 0 aromatic heterocycles. The minimum Gasteiger partial charge on any atom is -0.461 e. The van der Waals surface area contributed by atoms with E-state index < -0.39 is 0 Å². The van der Waals surface area contributed by atoms with Gasteiger partial charge in [-0.05, 0) is 14.1 Å². The van der Waals surface area contributed by atoms with Crippen molar-refractivity contribution in [2.24, 2.45) is 0 Å². The van der Waals surface area contributed by atoms with E-state index in [0.29, 0.717) is 6.61 Å². The fraction of sp³-hybridized carbons (Fsp3) is 0.571. The van der Waals surface area contributed by atoms with Crippen LogP contribution in [0, 0.1) is 0 Å². The van der Waals surface area contributed by atoms with E-state index in [-0.39, 0.29) is 29.9 Å². The zero-order chi connectivity index (χ0) is 7.98. The number of hydrogen-bond donors (Lipinski definition) is 0. The minimum absolute atomic E-state index is 0. The molecule has 0 atom stereocenters. The molecule has 0 N–H and O–H groups in total. The van der Waals surface area contributed by atoms with Gasteiger partial charge in [-0.25, -0.2) is 4.79 Å². The molecule has 0 saturated carbocycles. The number of rotatable bonds is 4. The van der Waals surface area contributed by atoms with Crippen molar-refractivity contribution in [3.05, 3.63) is 12.7 Å². The van der Waals surface area contributed by atoms with Crippen molar-refractivity contribution in [1.82, 2.24) is 4.90 Å². The van der Waals surface area contributed by atoms with Gasteiger partial charge in [-0.3, -0.25) is 0 Å². The van der Waals surface area contributed by atoms with Crippen LogP contribution in [0.15, 0.2) is 12.7 Å². The van der Waals surface area contributed by atoms with Crippen LogP contribution in [0.2, 0.25) is 0 Å². The molecule has 0 radical (unpaired) electrons. The summed E-state index contributed by atoms with van der Waals surface area (Å²) in [6, 6.07) is 0. The number of nitrogens with zero attached hydrogens (tertiary/aromatic N) is 1. The largest absolute Gasteiger partial charge is 0.461 e. The third-order valence-electron chi connectivity index (χ3n) is 0.949. The summed E-state index contributed by atoms with van der Waals surface area (Å²) < 4.78 is 4.70. The number of carbonyl (C=O) groups excluding carboxylic acids is 1. The summed E-state index contributed by atoms with van der Waals surface area (Å²) in [7, 11) is 3.84. The van der Waals surface area contributed by atoms with E-state index in [2.05, 4.69) is 6.58 Å². The van der Waals surface area contributed by atoms with Gasteiger partial charge in [0.2, 0.25) is 0 Å². The smallest absolute Gasteiger partial charge is 0.330 e. The lowest BCUT2D eigenvalue weighted by atomic mass is 10.6. The fourth-order valence-corrected chi connectivity index (χ4v) is 0.388. The Hall–Kier alpha value is -0.100. The molecule has 3 nitrogen and oxygen atoms in total. The van der Waals surface area contributed by atoms with Crippen LogP contribution in [0.5, 0.6) is 0 Å². The Balaban J connectivity index is 0. The Bertz CT molecular complexity index is 126. The van der Waals surface area contributed by atoms with Gasteiger partial charge in [-0.15, -0.1) is 24.0 Å². The lowest BCUT2D eigenvalue weighted by molar-refractivity contribution is -0.137. The summed E-state index contributed by atoms with van der Waals surface area (Å²) in [5.41, 5.74) is 0. The van der Waals surface area contributed by atoms with Gasteiger partial charge in [0.25, 0.3) is 0 Å². The molecule has 0 unspecified atom stereocenters. The fourth-order valence-electron chi connectivity index (χ4n) is 0.388. The molecule has 0 saturated heterocycles.